The predicted molar refractivity (Wildman–Crippen MR) is 220 cm³/mol. The summed E-state index contributed by atoms with van der Waals surface area (Å²) in [5.41, 5.74) is 9.69. The number of ether oxygens (including phenoxy) is 3. The number of carbonyl (C=O) groups excluding carboxylic acids is 3. The average Bonchev–Trinajstić information content (AvgIpc) is 3.66. The van der Waals surface area contributed by atoms with E-state index >= 15 is 0 Å². The summed E-state index contributed by atoms with van der Waals surface area (Å²) in [6.45, 7) is 6.48. The van der Waals surface area contributed by atoms with E-state index in [4.69, 9.17) is 25.7 Å². The van der Waals surface area contributed by atoms with Crippen LogP contribution in [0.2, 0.25) is 0 Å². The second-order valence-electron chi connectivity index (χ2n) is 16.4. The van der Waals surface area contributed by atoms with Crippen molar-refractivity contribution in [2.75, 3.05) is 26.2 Å². The number of nitrogens with one attached hydrogen (secondary N) is 7. The van der Waals surface area contributed by atoms with Crippen molar-refractivity contribution in [3.05, 3.63) is 33.1 Å². The number of H-pyrrole nitrogens is 1. The van der Waals surface area contributed by atoms with Crippen LogP contribution in [0.4, 0.5) is 4.79 Å². The molecular weight excluding hydrogens is 854 g/mol. The maximum Gasteiger partial charge on any atom is 0.330 e. The molecule has 0 saturated carbocycles. The molecule has 3 aliphatic heterocycles. The van der Waals surface area contributed by atoms with Crippen molar-refractivity contribution in [3.8, 4) is 0 Å². The number of urea groups is 1. The molecule has 0 aromatic carbocycles. The molecule has 2 saturated heterocycles. The first-order valence-corrected chi connectivity index (χ1v) is 20.8. The van der Waals surface area contributed by atoms with Gasteiger partial charge in [-0.1, -0.05) is 27.7 Å². The maximum atomic E-state index is 13.8. The van der Waals surface area contributed by atoms with Gasteiger partial charge in [0.25, 0.3) is 5.56 Å². The van der Waals surface area contributed by atoms with E-state index in [1.165, 1.54) is 0 Å². The highest BCUT2D eigenvalue weighted by molar-refractivity contribution is 5.93. The molecule has 14 unspecified atom stereocenters. The van der Waals surface area contributed by atoms with E-state index in [1.807, 2.05) is 4.98 Å². The summed E-state index contributed by atoms with van der Waals surface area (Å²) in [5.74, 6) is -4.90. The second kappa shape index (κ2) is 23.1. The summed E-state index contributed by atoms with van der Waals surface area (Å²) >= 11 is 0. The van der Waals surface area contributed by atoms with Crippen LogP contribution in [0.1, 0.15) is 53.2 Å². The number of rotatable bonds is 22. The number of aliphatic hydroxyl groups is 4. The monoisotopic (exact) mass is 915 g/mol. The van der Waals surface area contributed by atoms with Gasteiger partial charge in [-0.25, -0.2) is 14.4 Å². The van der Waals surface area contributed by atoms with Crippen LogP contribution in [0.3, 0.4) is 0 Å². The van der Waals surface area contributed by atoms with Crippen LogP contribution in [0, 0.1) is 11.8 Å². The molecule has 0 bridgehead atoms. The third kappa shape index (κ3) is 13.2. The molecule has 0 spiro atoms. The van der Waals surface area contributed by atoms with Crippen molar-refractivity contribution in [3.63, 3.8) is 0 Å². The summed E-state index contributed by atoms with van der Waals surface area (Å²) in [4.78, 5) is 95.2. The SMILES string of the molecule is CC(C)CC(NC(=O)C(NC(=O)NC(C(=O)O)C(C)C)C1CCN=C(N)N1)C(=O)NCCCNC(C(=O)O)C(OC1OC(CN)C(O)C1O)C1OC(n2ccc(=O)[nH]c2=O)C(O)C1O. The van der Waals surface area contributed by atoms with Gasteiger partial charge in [-0.3, -0.25) is 33.7 Å². The molecule has 64 heavy (non-hydrogen) atoms. The topological polar surface area (TPSA) is 426 Å². The Bertz CT molecular complexity index is 1930. The molecular formula is C37H61N11O16. The lowest BCUT2D eigenvalue weighted by molar-refractivity contribution is -0.228. The van der Waals surface area contributed by atoms with Crippen molar-refractivity contribution < 1.29 is 68.8 Å². The largest absolute Gasteiger partial charge is 0.480 e. The van der Waals surface area contributed by atoms with Gasteiger partial charge in [0.05, 0.1) is 6.04 Å². The smallest absolute Gasteiger partial charge is 0.330 e. The molecule has 4 rings (SSSR count). The molecule has 0 radical (unpaired) electrons. The summed E-state index contributed by atoms with van der Waals surface area (Å²) in [6.07, 6.45) is -13.7. The van der Waals surface area contributed by atoms with Crippen molar-refractivity contribution in [1.82, 2.24) is 41.5 Å². The molecule has 3 aliphatic rings. The van der Waals surface area contributed by atoms with Crippen molar-refractivity contribution >= 4 is 35.7 Å². The molecule has 27 heteroatoms. The summed E-state index contributed by atoms with van der Waals surface area (Å²) in [5, 5.41) is 78.9. The fourth-order valence-electron chi connectivity index (χ4n) is 7.39. The fraction of sp³-hybridized carbons (Fsp3) is 0.730. The van der Waals surface area contributed by atoms with E-state index in [1.54, 1.807) is 27.7 Å². The lowest BCUT2D eigenvalue weighted by Gasteiger charge is -2.33. The third-order valence-electron chi connectivity index (χ3n) is 10.8. The minimum atomic E-state index is -1.93. The van der Waals surface area contributed by atoms with Crippen molar-refractivity contribution in [2.24, 2.45) is 28.3 Å². The number of nitrogens with zero attached hydrogens (tertiary/aromatic N) is 2. The van der Waals surface area contributed by atoms with Gasteiger partial charge in [0.15, 0.2) is 18.5 Å². The van der Waals surface area contributed by atoms with Crippen LogP contribution in [-0.2, 0) is 33.4 Å². The molecule has 27 nitrogen and oxygen atoms in total. The number of carboxylic acids is 2. The van der Waals surface area contributed by atoms with E-state index in [0.29, 0.717) is 0 Å². The van der Waals surface area contributed by atoms with E-state index < -0.39 is 132 Å². The Morgan fingerprint density at radius 1 is 0.922 bits per heavy atom. The number of aromatic nitrogens is 2. The third-order valence-corrected chi connectivity index (χ3v) is 10.8. The zero-order valence-corrected chi connectivity index (χ0v) is 35.7. The number of carboxylic acid groups (broad SMARTS) is 2. The highest BCUT2D eigenvalue weighted by Crippen LogP contribution is 2.34. The molecule has 1 aromatic rings. The van der Waals surface area contributed by atoms with Crippen LogP contribution < -0.4 is 54.6 Å². The highest BCUT2D eigenvalue weighted by atomic mass is 16.7. The molecule has 1 aromatic heterocycles. The Balaban J connectivity index is 1.46. The van der Waals surface area contributed by atoms with Gasteiger partial charge in [-0.2, -0.15) is 0 Å². The highest BCUT2D eigenvalue weighted by Gasteiger charge is 2.54. The minimum absolute atomic E-state index is 0.00911. The average molecular weight is 916 g/mol. The first kappa shape index (κ1) is 51.4. The van der Waals surface area contributed by atoms with Gasteiger partial charge in [-0.15, -0.1) is 0 Å². The van der Waals surface area contributed by atoms with Crippen LogP contribution in [0.15, 0.2) is 26.8 Å². The van der Waals surface area contributed by atoms with Gasteiger partial charge in [0.1, 0.15) is 66.9 Å². The van der Waals surface area contributed by atoms with E-state index in [0.717, 1.165) is 16.8 Å². The number of aliphatic imine (C=N–C) groups is 1. The van der Waals surface area contributed by atoms with E-state index in [9.17, 15) is 64.2 Å². The number of aliphatic hydroxyl groups excluding tert-OH is 4. The van der Waals surface area contributed by atoms with E-state index in [2.05, 4.69) is 36.9 Å². The van der Waals surface area contributed by atoms with E-state index in [-0.39, 0.29) is 57.3 Å². The quantitative estimate of drug-likeness (QED) is 0.0481. The number of carbonyl (C=O) groups is 5. The number of aliphatic carboxylic acids is 2. The number of hydrogen-bond donors (Lipinski definition) is 15. The zero-order chi connectivity index (χ0) is 47.6. The minimum Gasteiger partial charge on any atom is -0.480 e. The van der Waals surface area contributed by atoms with Crippen molar-refractivity contribution in [2.45, 2.75) is 132 Å². The Morgan fingerprint density at radius 2 is 1.61 bits per heavy atom. The Kier molecular flexibility index (Phi) is 18.5. The van der Waals surface area contributed by atoms with Gasteiger partial charge >= 0.3 is 23.7 Å². The van der Waals surface area contributed by atoms with Crippen molar-refractivity contribution in [1.29, 1.82) is 0 Å². The lowest BCUT2D eigenvalue weighted by atomic mass is 9.98. The van der Waals surface area contributed by atoms with Gasteiger partial charge in [0.2, 0.25) is 11.8 Å². The molecule has 17 N–H and O–H groups in total. The molecule has 4 heterocycles. The molecule has 4 amide bonds. The number of aromatic amines is 1. The Labute approximate surface area is 365 Å². The number of amides is 4. The van der Waals surface area contributed by atoms with Crippen LogP contribution >= 0.6 is 0 Å². The Hall–Kier alpha value is -5.26. The first-order chi connectivity index (χ1) is 30.1. The molecule has 360 valence electrons. The standard InChI is InChI=1S/C37H61N11O16/c1-14(2)12-17(43-30(55)21(16-6-10-42-35(39)44-16)47-36(60)46-20(15(3)4)32(56)57)29(54)41-9-5-8-40-22(33(58)59)27(64-34-26(53)23(50)18(13-38)62-34)28-24(51)25(52)31(63-28)48-11-7-19(49)45-37(48)61/h7,11,14-18,20-28,31,34,40,50-53H,5-6,8-10,12-13,38H2,1-4H3,(H,41,54)(H,43,55)(H,56,57)(H,58,59)(H3,39,42,44)(H,45,49,61)(H2,46,47,60). The second-order valence-corrected chi connectivity index (χ2v) is 16.4. The van der Waals surface area contributed by atoms with Gasteiger partial charge in [-0.05, 0) is 37.6 Å². The first-order valence-electron chi connectivity index (χ1n) is 20.8. The van der Waals surface area contributed by atoms with Gasteiger partial charge in [0, 0.05) is 31.9 Å². The summed E-state index contributed by atoms with van der Waals surface area (Å²) < 4.78 is 17.9. The molecule has 0 aliphatic carbocycles. The van der Waals surface area contributed by atoms with Gasteiger partial charge < -0.3 is 88.2 Å². The predicted octanol–water partition coefficient (Wildman–Crippen LogP) is -6.52. The molecule has 14 atom stereocenters. The summed E-state index contributed by atoms with van der Waals surface area (Å²) in [6, 6.07) is -6.37. The Morgan fingerprint density at radius 3 is 2.19 bits per heavy atom. The zero-order valence-electron chi connectivity index (χ0n) is 35.7. The van der Waals surface area contributed by atoms with Crippen LogP contribution in [-0.4, -0.2) is 181 Å². The number of hydrogen-bond acceptors (Lipinski definition) is 19. The number of nitrogens with two attached hydrogens (primary N) is 2. The summed E-state index contributed by atoms with van der Waals surface area (Å²) in [7, 11) is 0. The number of guanidine groups is 1. The maximum absolute atomic E-state index is 13.8. The van der Waals surface area contributed by atoms with Crippen LogP contribution in [0.25, 0.3) is 0 Å². The normalized spacial score (nSPS) is 28.0. The molecule has 2 fully saturated rings. The van der Waals surface area contributed by atoms with Crippen LogP contribution in [0.5, 0.6) is 0 Å². The lowest BCUT2D eigenvalue weighted by Crippen LogP contribution is -2.64. The fourth-order valence-corrected chi connectivity index (χ4v) is 7.39.